The number of esters is 1. The van der Waals surface area contributed by atoms with Gasteiger partial charge in [-0.1, -0.05) is 18.2 Å². The van der Waals surface area contributed by atoms with Crippen molar-refractivity contribution >= 4 is 17.8 Å². The van der Waals surface area contributed by atoms with Gasteiger partial charge in [0, 0.05) is 6.54 Å². The molecule has 0 saturated heterocycles. The fourth-order valence-electron chi connectivity index (χ4n) is 2.71. The van der Waals surface area contributed by atoms with Crippen LogP contribution in [0, 0.1) is 0 Å². The predicted molar refractivity (Wildman–Crippen MR) is 113 cm³/mol. The van der Waals surface area contributed by atoms with E-state index in [1.54, 1.807) is 44.6 Å². The molecule has 0 saturated carbocycles. The average molecular weight is 430 g/mol. The number of methoxy groups -OCH3 is 3. The lowest BCUT2D eigenvalue weighted by Gasteiger charge is -2.11. The molecular weight excluding hydrogens is 404 g/mol. The van der Waals surface area contributed by atoms with Gasteiger partial charge in [-0.3, -0.25) is 14.4 Å². The van der Waals surface area contributed by atoms with Gasteiger partial charge in [0.25, 0.3) is 11.8 Å². The van der Waals surface area contributed by atoms with Crippen molar-refractivity contribution in [1.82, 2.24) is 10.6 Å². The minimum atomic E-state index is -0.724. The summed E-state index contributed by atoms with van der Waals surface area (Å²) in [5.41, 5.74) is 1.25. The van der Waals surface area contributed by atoms with Gasteiger partial charge < -0.3 is 29.6 Å². The van der Waals surface area contributed by atoms with Gasteiger partial charge in [-0.2, -0.15) is 0 Å². The smallest absolute Gasteiger partial charge is 0.325 e. The number of ether oxygens (including phenoxy) is 4. The highest BCUT2D eigenvalue weighted by Crippen LogP contribution is 2.27. The van der Waals surface area contributed by atoms with E-state index in [0.29, 0.717) is 35.8 Å². The first-order valence-corrected chi connectivity index (χ1v) is 9.53. The minimum Gasteiger partial charge on any atom is -0.496 e. The van der Waals surface area contributed by atoms with Crippen molar-refractivity contribution in [3.8, 4) is 17.2 Å². The summed E-state index contributed by atoms with van der Waals surface area (Å²) < 4.78 is 20.4. The zero-order valence-corrected chi connectivity index (χ0v) is 17.7. The first kappa shape index (κ1) is 23.5. The largest absolute Gasteiger partial charge is 0.496 e. The van der Waals surface area contributed by atoms with E-state index in [1.165, 1.54) is 7.11 Å². The third-order valence-electron chi connectivity index (χ3n) is 4.29. The van der Waals surface area contributed by atoms with Crippen LogP contribution in [0.2, 0.25) is 0 Å². The number of amides is 2. The van der Waals surface area contributed by atoms with Crippen molar-refractivity contribution in [2.45, 2.75) is 6.42 Å². The maximum atomic E-state index is 12.1. The topological polar surface area (TPSA) is 112 Å². The van der Waals surface area contributed by atoms with Crippen LogP contribution >= 0.6 is 0 Å². The van der Waals surface area contributed by atoms with Gasteiger partial charge >= 0.3 is 5.97 Å². The highest BCUT2D eigenvalue weighted by molar-refractivity contribution is 5.98. The summed E-state index contributed by atoms with van der Waals surface area (Å²) in [5, 5.41) is 5.10. The molecule has 166 valence electrons. The second-order valence-corrected chi connectivity index (χ2v) is 6.33. The molecule has 2 aromatic rings. The van der Waals surface area contributed by atoms with Crippen LogP contribution in [0.1, 0.15) is 15.9 Å². The van der Waals surface area contributed by atoms with Crippen molar-refractivity contribution < 1.29 is 33.3 Å². The lowest BCUT2D eigenvalue weighted by molar-refractivity contribution is -0.147. The van der Waals surface area contributed by atoms with E-state index in [2.05, 4.69) is 10.6 Å². The van der Waals surface area contributed by atoms with Crippen LogP contribution in [0.4, 0.5) is 0 Å². The van der Waals surface area contributed by atoms with Crippen molar-refractivity contribution in [3.63, 3.8) is 0 Å². The van der Waals surface area contributed by atoms with Crippen LogP contribution in [-0.4, -0.2) is 58.8 Å². The van der Waals surface area contributed by atoms with Gasteiger partial charge in [-0.25, -0.2) is 0 Å². The first-order valence-electron chi connectivity index (χ1n) is 9.53. The van der Waals surface area contributed by atoms with E-state index < -0.39 is 24.4 Å². The predicted octanol–water partition coefficient (Wildman–Crippen LogP) is 1.34. The van der Waals surface area contributed by atoms with E-state index in [9.17, 15) is 14.4 Å². The van der Waals surface area contributed by atoms with Crippen molar-refractivity contribution in [2.75, 3.05) is 41.0 Å². The molecule has 0 atom stereocenters. The number of hydrogen-bond donors (Lipinski definition) is 2. The van der Waals surface area contributed by atoms with Crippen molar-refractivity contribution in [1.29, 1.82) is 0 Å². The molecule has 2 amide bonds. The Morgan fingerprint density at radius 2 is 1.55 bits per heavy atom. The van der Waals surface area contributed by atoms with Gasteiger partial charge in [-0.05, 0) is 36.2 Å². The fraction of sp³-hybridized carbons (Fsp3) is 0.318. The van der Waals surface area contributed by atoms with Gasteiger partial charge in [0.05, 0.1) is 26.9 Å². The van der Waals surface area contributed by atoms with Crippen LogP contribution < -0.4 is 24.8 Å². The van der Waals surface area contributed by atoms with E-state index in [0.717, 1.165) is 5.56 Å². The summed E-state index contributed by atoms with van der Waals surface area (Å²) >= 11 is 0. The average Bonchev–Trinajstić information content (AvgIpc) is 2.80. The lowest BCUT2D eigenvalue weighted by Crippen LogP contribution is -2.34. The Morgan fingerprint density at radius 3 is 2.26 bits per heavy atom. The quantitative estimate of drug-likeness (QED) is 0.518. The number of para-hydroxylation sites is 1. The molecule has 9 nitrogen and oxygen atoms in total. The summed E-state index contributed by atoms with van der Waals surface area (Å²) in [5.74, 6) is -0.0189. The Kier molecular flexibility index (Phi) is 9.15. The zero-order valence-electron chi connectivity index (χ0n) is 17.7. The third kappa shape index (κ3) is 7.22. The lowest BCUT2D eigenvalue weighted by atomic mass is 10.1. The van der Waals surface area contributed by atoms with Gasteiger partial charge in [0.1, 0.15) is 12.3 Å². The molecule has 0 bridgehead atoms. The molecule has 0 aliphatic carbocycles. The Labute approximate surface area is 180 Å². The van der Waals surface area contributed by atoms with Gasteiger partial charge in [0.15, 0.2) is 18.1 Å². The fourth-order valence-corrected chi connectivity index (χ4v) is 2.71. The van der Waals surface area contributed by atoms with Crippen LogP contribution in [0.5, 0.6) is 17.2 Å². The van der Waals surface area contributed by atoms with E-state index in [4.69, 9.17) is 18.9 Å². The molecule has 0 fully saturated rings. The molecule has 0 aliphatic heterocycles. The van der Waals surface area contributed by atoms with Crippen LogP contribution in [0.3, 0.4) is 0 Å². The molecule has 0 unspecified atom stereocenters. The number of hydrogen-bond acceptors (Lipinski definition) is 7. The Bertz CT molecular complexity index is 914. The molecule has 31 heavy (non-hydrogen) atoms. The summed E-state index contributed by atoms with van der Waals surface area (Å²) in [6.07, 6.45) is 0.564. The number of benzene rings is 2. The Balaban J connectivity index is 1.69. The van der Waals surface area contributed by atoms with E-state index >= 15 is 0 Å². The monoisotopic (exact) mass is 430 g/mol. The van der Waals surface area contributed by atoms with Crippen molar-refractivity contribution in [2.24, 2.45) is 0 Å². The molecule has 0 heterocycles. The summed E-state index contributed by atoms with van der Waals surface area (Å²) in [7, 11) is 4.56. The highest BCUT2D eigenvalue weighted by atomic mass is 16.5. The van der Waals surface area contributed by atoms with Gasteiger partial charge in [-0.15, -0.1) is 0 Å². The van der Waals surface area contributed by atoms with Crippen LogP contribution in [-0.2, 0) is 20.7 Å². The number of carbonyl (C=O) groups excluding carboxylic acids is 3. The Hall–Kier alpha value is -3.75. The molecule has 2 rings (SSSR count). The van der Waals surface area contributed by atoms with E-state index in [-0.39, 0.29) is 6.54 Å². The molecule has 0 radical (unpaired) electrons. The number of carbonyl (C=O) groups is 3. The molecule has 2 N–H and O–H groups in total. The minimum absolute atomic E-state index is 0.297. The van der Waals surface area contributed by atoms with E-state index in [1.807, 2.05) is 12.1 Å². The van der Waals surface area contributed by atoms with Crippen molar-refractivity contribution in [3.05, 3.63) is 53.6 Å². The molecule has 2 aromatic carbocycles. The zero-order chi connectivity index (χ0) is 22.6. The molecule has 0 spiro atoms. The summed E-state index contributed by atoms with van der Waals surface area (Å²) in [6, 6.07) is 12.1. The molecule has 0 aromatic heterocycles. The van der Waals surface area contributed by atoms with Crippen LogP contribution in [0.15, 0.2) is 42.5 Å². The first-order chi connectivity index (χ1) is 15.0. The normalized spacial score (nSPS) is 10.0. The van der Waals surface area contributed by atoms with Crippen LogP contribution in [0.25, 0.3) is 0 Å². The highest BCUT2D eigenvalue weighted by Gasteiger charge is 2.14. The number of nitrogens with one attached hydrogen (secondary N) is 2. The second-order valence-electron chi connectivity index (χ2n) is 6.33. The third-order valence-corrected chi connectivity index (χ3v) is 4.29. The number of rotatable bonds is 11. The SMILES string of the molecule is COc1ccc(CCNC(=O)COC(=O)CNC(=O)c2ccccc2OC)cc1OC. The summed E-state index contributed by atoms with van der Waals surface area (Å²) in [4.78, 5) is 35.8. The molecule has 0 aliphatic rings. The summed E-state index contributed by atoms with van der Waals surface area (Å²) in [6.45, 7) is -0.443. The molecular formula is C22H26N2O7. The standard InChI is InChI=1S/C22H26N2O7/c1-28-17-7-5-4-6-16(17)22(27)24-13-21(26)31-14-20(25)23-11-10-15-8-9-18(29-2)19(12-15)30-3/h4-9,12H,10-11,13-14H2,1-3H3,(H,23,25)(H,24,27). The second kappa shape index (κ2) is 12.1. The maximum Gasteiger partial charge on any atom is 0.325 e. The Morgan fingerprint density at radius 1 is 0.839 bits per heavy atom. The molecule has 9 heteroatoms. The maximum absolute atomic E-state index is 12.1. The van der Waals surface area contributed by atoms with Gasteiger partial charge in [0.2, 0.25) is 0 Å².